The summed E-state index contributed by atoms with van der Waals surface area (Å²) in [5, 5.41) is 0. The molecule has 4 heteroatoms. The van der Waals surface area contributed by atoms with Gasteiger partial charge in [0.15, 0.2) is 0 Å². The molecule has 82 valence electrons. The van der Waals surface area contributed by atoms with Crippen molar-refractivity contribution in [3.05, 3.63) is 34.4 Å². The Bertz CT molecular complexity index is 258. The monoisotopic (exact) mass is 236 g/mol. The zero-order chi connectivity index (χ0) is 9.14. The van der Waals surface area contributed by atoms with Crippen LogP contribution in [0, 0.1) is 13.8 Å². The van der Waals surface area contributed by atoms with E-state index in [1.165, 1.54) is 22.3 Å². The molecule has 0 aliphatic heterocycles. The van der Waals surface area contributed by atoms with E-state index in [0.29, 0.717) is 13.1 Å². The summed E-state index contributed by atoms with van der Waals surface area (Å²) in [5.74, 6) is 0. The molecule has 0 heterocycles. The molecule has 2 nitrogen and oxygen atoms in total. The molecule has 0 atom stereocenters. The Morgan fingerprint density at radius 2 is 1.14 bits per heavy atom. The second kappa shape index (κ2) is 7.07. The minimum Gasteiger partial charge on any atom is -0.326 e. The van der Waals surface area contributed by atoms with Gasteiger partial charge in [0, 0.05) is 13.1 Å². The maximum atomic E-state index is 5.58. The molecular formula is C10H18Cl2N2. The number of halogens is 2. The van der Waals surface area contributed by atoms with Crippen LogP contribution in [0.3, 0.4) is 0 Å². The molecule has 1 rings (SSSR count). The van der Waals surface area contributed by atoms with Gasteiger partial charge in [-0.15, -0.1) is 24.8 Å². The van der Waals surface area contributed by atoms with Gasteiger partial charge >= 0.3 is 0 Å². The number of nitrogens with two attached hydrogens (primary N) is 2. The van der Waals surface area contributed by atoms with Crippen LogP contribution in [0.15, 0.2) is 12.1 Å². The Kier molecular flexibility index (Phi) is 8.16. The van der Waals surface area contributed by atoms with Gasteiger partial charge in [0.2, 0.25) is 0 Å². The molecule has 0 saturated heterocycles. The summed E-state index contributed by atoms with van der Waals surface area (Å²) < 4.78 is 0. The van der Waals surface area contributed by atoms with Crippen molar-refractivity contribution in [2.24, 2.45) is 11.5 Å². The summed E-state index contributed by atoms with van der Waals surface area (Å²) >= 11 is 0. The van der Waals surface area contributed by atoms with Gasteiger partial charge in [-0.3, -0.25) is 0 Å². The van der Waals surface area contributed by atoms with Gasteiger partial charge < -0.3 is 11.5 Å². The van der Waals surface area contributed by atoms with Crippen LogP contribution in [0.5, 0.6) is 0 Å². The van der Waals surface area contributed by atoms with Crippen molar-refractivity contribution in [2.45, 2.75) is 26.9 Å². The SMILES string of the molecule is Cc1cc(CN)c(C)cc1CN.Cl.Cl. The minimum absolute atomic E-state index is 0. The first-order valence-electron chi connectivity index (χ1n) is 4.18. The Hall–Kier alpha value is -0.280. The van der Waals surface area contributed by atoms with Crippen molar-refractivity contribution < 1.29 is 0 Å². The standard InChI is InChI=1S/C10H16N2.2ClH/c1-7-3-10(6-12)8(2)4-9(7)5-11;;/h3-4H,5-6,11-12H2,1-2H3;2*1H. The lowest BCUT2D eigenvalue weighted by molar-refractivity contribution is 1.00. The smallest absolute Gasteiger partial charge is 0.0180 e. The number of benzene rings is 1. The first kappa shape index (κ1) is 16.2. The van der Waals surface area contributed by atoms with Gasteiger partial charge in [0.25, 0.3) is 0 Å². The molecule has 0 saturated carbocycles. The molecular weight excluding hydrogens is 219 g/mol. The molecule has 0 bridgehead atoms. The zero-order valence-corrected chi connectivity index (χ0v) is 10.2. The van der Waals surface area contributed by atoms with Crippen molar-refractivity contribution in [3.8, 4) is 0 Å². The highest BCUT2D eigenvalue weighted by Gasteiger charge is 2.01. The van der Waals surface area contributed by atoms with Crippen LogP contribution in [0.1, 0.15) is 22.3 Å². The van der Waals surface area contributed by atoms with Crippen LogP contribution < -0.4 is 11.5 Å². The van der Waals surface area contributed by atoms with E-state index in [9.17, 15) is 0 Å². The zero-order valence-electron chi connectivity index (χ0n) is 8.54. The van der Waals surface area contributed by atoms with Crippen molar-refractivity contribution in [1.82, 2.24) is 0 Å². The maximum absolute atomic E-state index is 5.58. The van der Waals surface area contributed by atoms with Crippen molar-refractivity contribution in [3.63, 3.8) is 0 Å². The predicted octanol–water partition coefficient (Wildman–Crippen LogP) is 2.06. The van der Waals surface area contributed by atoms with E-state index < -0.39 is 0 Å². The van der Waals surface area contributed by atoms with Gasteiger partial charge in [-0.1, -0.05) is 12.1 Å². The summed E-state index contributed by atoms with van der Waals surface area (Å²) in [6.07, 6.45) is 0. The molecule has 14 heavy (non-hydrogen) atoms. The van der Waals surface area contributed by atoms with Gasteiger partial charge in [0.05, 0.1) is 0 Å². The lowest BCUT2D eigenvalue weighted by Crippen LogP contribution is -2.04. The average molecular weight is 237 g/mol. The van der Waals surface area contributed by atoms with Gasteiger partial charge in [-0.05, 0) is 36.1 Å². The Labute approximate surface area is 97.9 Å². The summed E-state index contributed by atoms with van der Waals surface area (Å²) in [7, 11) is 0. The summed E-state index contributed by atoms with van der Waals surface area (Å²) in [5.41, 5.74) is 16.1. The molecule has 0 radical (unpaired) electrons. The minimum atomic E-state index is 0. The van der Waals surface area contributed by atoms with E-state index in [1.54, 1.807) is 0 Å². The number of hydrogen-bond acceptors (Lipinski definition) is 2. The highest BCUT2D eigenvalue weighted by Crippen LogP contribution is 2.14. The maximum Gasteiger partial charge on any atom is 0.0180 e. The highest BCUT2D eigenvalue weighted by molar-refractivity contribution is 5.85. The molecule has 0 unspecified atom stereocenters. The molecule has 0 amide bonds. The fourth-order valence-electron chi connectivity index (χ4n) is 1.38. The molecule has 1 aromatic carbocycles. The quantitative estimate of drug-likeness (QED) is 0.827. The van der Waals surface area contributed by atoms with Crippen molar-refractivity contribution in [1.29, 1.82) is 0 Å². The van der Waals surface area contributed by atoms with E-state index in [-0.39, 0.29) is 24.8 Å². The van der Waals surface area contributed by atoms with Crippen LogP contribution >= 0.6 is 24.8 Å². The second-order valence-corrected chi connectivity index (χ2v) is 3.11. The van der Waals surface area contributed by atoms with Gasteiger partial charge in [0.1, 0.15) is 0 Å². The van der Waals surface area contributed by atoms with Crippen LogP contribution in [-0.2, 0) is 13.1 Å². The van der Waals surface area contributed by atoms with Crippen molar-refractivity contribution >= 4 is 24.8 Å². The van der Waals surface area contributed by atoms with Crippen LogP contribution in [0.2, 0.25) is 0 Å². The van der Waals surface area contributed by atoms with E-state index >= 15 is 0 Å². The van der Waals surface area contributed by atoms with E-state index in [2.05, 4.69) is 26.0 Å². The fraction of sp³-hybridized carbons (Fsp3) is 0.400. The molecule has 4 N–H and O–H groups in total. The third kappa shape index (κ3) is 3.46. The summed E-state index contributed by atoms with van der Waals surface area (Å²) in [6.45, 7) is 5.36. The largest absolute Gasteiger partial charge is 0.326 e. The van der Waals surface area contributed by atoms with Gasteiger partial charge in [-0.25, -0.2) is 0 Å². The second-order valence-electron chi connectivity index (χ2n) is 3.11. The number of aryl methyl sites for hydroxylation is 2. The molecule has 0 fully saturated rings. The van der Waals surface area contributed by atoms with E-state index in [1.807, 2.05) is 0 Å². The summed E-state index contributed by atoms with van der Waals surface area (Å²) in [6, 6.07) is 4.25. The lowest BCUT2D eigenvalue weighted by atomic mass is 10.0. The molecule has 0 spiro atoms. The lowest BCUT2D eigenvalue weighted by Gasteiger charge is -2.08. The molecule has 0 aromatic heterocycles. The number of hydrogen-bond donors (Lipinski definition) is 2. The first-order valence-corrected chi connectivity index (χ1v) is 4.18. The van der Waals surface area contributed by atoms with E-state index in [4.69, 9.17) is 11.5 Å². The Morgan fingerprint density at radius 3 is 1.36 bits per heavy atom. The molecule has 0 aliphatic rings. The third-order valence-corrected chi connectivity index (χ3v) is 2.23. The third-order valence-electron chi connectivity index (χ3n) is 2.23. The highest BCUT2D eigenvalue weighted by atomic mass is 35.5. The number of rotatable bonds is 2. The Morgan fingerprint density at radius 1 is 0.857 bits per heavy atom. The van der Waals surface area contributed by atoms with Crippen LogP contribution in [0.4, 0.5) is 0 Å². The molecule has 0 aliphatic carbocycles. The molecule has 1 aromatic rings. The van der Waals surface area contributed by atoms with Crippen molar-refractivity contribution in [2.75, 3.05) is 0 Å². The average Bonchev–Trinajstić information content (AvgIpc) is 2.08. The van der Waals surface area contributed by atoms with Crippen LogP contribution in [-0.4, -0.2) is 0 Å². The van der Waals surface area contributed by atoms with Gasteiger partial charge in [-0.2, -0.15) is 0 Å². The topological polar surface area (TPSA) is 52.0 Å². The fourth-order valence-corrected chi connectivity index (χ4v) is 1.38. The normalized spacial score (nSPS) is 8.86. The van der Waals surface area contributed by atoms with E-state index in [0.717, 1.165) is 0 Å². The van der Waals surface area contributed by atoms with Crippen LogP contribution in [0.25, 0.3) is 0 Å². The first-order chi connectivity index (χ1) is 5.69. The summed E-state index contributed by atoms with van der Waals surface area (Å²) in [4.78, 5) is 0. The Balaban J connectivity index is 0. The predicted molar refractivity (Wildman–Crippen MR) is 66.2 cm³/mol.